The van der Waals surface area contributed by atoms with Crippen LogP contribution in [0.15, 0.2) is 0 Å². The van der Waals surface area contributed by atoms with Crippen LogP contribution in [0.3, 0.4) is 0 Å². The van der Waals surface area contributed by atoms with Gasteiger partial charge in [0.25, 0.3) is 0 Å². The zero-order valence-electron chi connectivity index (χ0n) is 6.18. The van der Waals surface area contributed by atoms with Gasteiger partial charge >= 0.3 is 0 Å². The predicted octanol–water partition coefficient (Wildman–Crippen LogP) is 0.978. The zero-order chi connectivity index (χ0) is 6.69. The van der Waals surface area contributed by atoms with Crippen molar-refractivity contribution in [3.8, 4) is 0 Å². The van der Waals surface area contributed by atoms with Crippen LogP contribution in [0.2, 0.25) is 0 Å². The molecular formula is C7H15NO. The standard InChI is InChI=1S/C7H15NO/c1-3-6(2)7-4-9-5-8-7/h6-8H,3-5H2,1-2H3/t6-,7-/m1/s1. The van der Waals surface area contributed by atoms with Crippen LogP contribution in [0.4, 0.5) is 0 Å². The first-order valence-corrected chi connectivity index (χ1v) is 3.65. The van der Waals surface area contributed by atoms with Crippen LogP contribution >= 0.6 is 0 Å². The lowest BCUT2D eigenvalue weighted by molar-refractivity contribution is 0.184. The second-order valence-electron chi connectivity index (χ2n) is 2.71. The van der Waals surface area contributed by atoms with Gasteiger partial charge in [-0.05, 0) is 5.92 Å². The first-order valence-electron chi connectivity index (χ1n) is 3.65. The van der Waals surface area contributed by atoms with E-state index in [9.17, 15) is 0 Å². The molecule has 1 fully saturated rings. The Labute approximate surface area is 56.6 Å². The minimum atomic E-state index is 0.606. The van der Waals surface area contributed by atoms with Crippen molar-refractivity contribution in [1.29, 1.82) is 0 Å². The molecule has 0 spiro atoms. The Morgan fingerprint density at radius 2 is 2.56 bits per heavy atom. The molecule has 0 bridgehead atoms. The van der Waals surface area contributed by atoms with Gasteiger partial charge in [0.1, 0.15) is 0 Å². The van der Waals surface area contributed by atoms with E-state index in [4.69, 9.17) is 4.74 Å². The van der Waals surface area contributed by atoms with Crippen molar-refractivity contribution >= 4 is 0 Å². The minimum Gasteiger partial charge on any atom is -0.365 e. The van der Waals surface area contributed by atoms with Crippen molar-refractivity contribution in [3.63, 3.8) is 0 Å². The smallest absolute Gasteiger partial charge is 0.0969 e. The highest BCUT2D eigenvalue weighted by molar-refractivity contribution is 4.73. The summed E-state index contributed by atoms with van der Waals surface area (Å²) in [4.78, 5) is 0. The zero-order valence-corrected chi connectivity index (χ0v) is 6.18. The molecule has 1 aliphatic heterocycles. The van der Waals surface area contributed by atoms with Crippen LogP contribution in [-0.2, 0) is 4.74 Å². The molecule has 0 aromatic carbocycles. The maximum atomic E-state index is 5.17. The fourth-order valence-corrected chi connectivity index (χ4v) is 1.06. The molecule has 1 aliphatic rings. The van der Waals surface area contributed by atoms with Crippen LogP contribution in [-0.4, -0.2) is 19.4 Å². The quantitative estimate of drug-likeness (QED) is 0.600. The maximum Gasteiger partial charge on any atom is 0.0969 e. The molecule has 0 unspecified atom stereocenters. The maximum absolute atomic E-state index is 5.17. The first-order chi connectivity index (χ1) is 4.34. The Morgan fingerprint density at radius 1 is 1.78 bits per heavy atom. The topological polar surface area (TPSA) is 21.3 Å². The number of hydrogen-bond acceptors (Lipinski definition) is 2. The summed E-state index contributed by atoms with van der Waals surface area (Å²) in [6, 6.07) is 0.606. The van der Waals surface area contributed by atoms with Crippen molar-refractivity contribution in [2.45, 2.75) is 26.3 Å². The van der Waals surface area contributed by atoms with Gasteiger partial charge in [0.15, 0.2) is 0 Å². The minimum absolute atomic E-state index is 0.606. The third kappa shape index (κ3) is 1.66. The predicted molar refractivity (Wildman–Crippen MR) is 37.2 cm³/mol. The molecule has 2 heteroatoms. The van der Waals surface area contributed by atoms with Crippen LogP contribution in [0.1, 0.15) is 20.3 Å². The lowest BCUT2D eigenvalue weighted by atomic mass is 10.0. The van der Waals surface area contributed by atoms with Crippen molar-refractivity contribution in [1.82, 2.24) is 5.32 Å². The summed E-state index contributed by atoms with van der Waals surface area (Å²) in [6.45, 7) is 6.11. The summed E-state index contributed by atoms with van der Waals surface area (Å²) in [5.41, 5.74) is 0. The Balaban J connectivity index is 2.24. The molecule has 0 aliphatic carbocycles. The summed E-state index contributed by atoms with van der Waals surface area (Å²) in [5, 5.41) is 3.29. The summed E-state index contributed by atoms with van der Waals surface area (Å²) in [7, 11) is 0. The van der Waals surface area contributed by atoms with Gasteiger partial charge in [0.05, 0.1) is 13.3 Å². The molecule has 54 valence electrons. The molecule has 2 atom stereocenters. The average Bonchev–Trinajstić information content (AvgIpc) is 2.37. The fourth-order valence-electron chi connectivity index (χ4n) is 1.06. The normalized spacial score (nSPS) is 30.7. The fraction of sp³-hybridized carbons (Fsp3) is 1.00. The van der Waals surface area contributed by atoms with E-state index in [0.29, 0.717) is 6.04 Å². The first kappa shape index (κ1) is 7.03. The van der Waals surface area contributed by atoms with Gasteiger partial charge in [-0.1, -0.05) is 20.3 Å². The summed E-state index contributed by atoms with van der Waals surface area (Å²) < 4.78 is 5.17. The Morgan fingerprint density at radius 3 is 3.00 bits per heavy atom. The van der Waals surface area contributed by atoms with E-state index in [1.807, 2.05) is 0 Å². The SMILES string of the molecule is CC[C@@H](C)[C@H]1COCN1. The van der Waals surface area contributed by atoms with Gasteiger partial charge in [-0.2, -0.15) is 0 Å². The van der Waals surface area contributed by atoms with E-state index in [1.165, 1.54) is 6.42 Å². The molecule has 1 saturated heterocycles. The van der Waals surface area contributed by atoms with Gasteiger partial charge in [-0.15, -0.1) is 0 Å². The third-order valence-electron chi connectivity index (χ3n) is 2.08. The van der Waals surface area contributed by atoms with E-state index >= 15 is 0 Å². The van der Waals surface area contributed by atoms with Crippen LogP contribution in [0.25, 0.3) is 0 Å². The Kier molecular flexibility index (Phi) is 2.49. The van der Waals surface area contributed by atoms with E-state index < -0.39 is 0 Å². The second kappa shape index (κ2) is 3.18. The van der Waals surface area contributed by atoms with Gasteiger partial charge < -0.3 is 4.74 Å². The second-order valence-corrected chi connectivity index (χ2v) is 2.71. The van der Waals surface area contributed by atoms with Gasteiger partial charge in [-0.25, -0.2) is 0 Å². The van der Waals surface area contributed by atoms with Crippen molar-refractivity contribution in [2.24, 2.45) is 5.92 Å². The molecule has 2 nitrogen and oxygen atoms in total. The van der Waals surface area contributed by atoms with Crippen molar-refractivity contribution < 1.29 is 4.74 Å². The van der Waals surface area contributed by atoms with Crippen LogP contribution in [0, 0.1) is 5.92 Å². The van der Waals surface area contributed by atoms with E-state index in [1.54, 1.807) is 0 Å². The number of hydrogen-bond donors (Lipinski definition) is 1. The molecule has 1 rings (SSSR count). The lowest BCUT2D eigenvalue weighted by Gasteiger charge is -2.14. The Bertz CT molecular complexity index is 79.0. The molecule has 0 aromatic heterocycles. The Hall–Kier alpha value is -0.0800. The van der Waals surface area contributed by atoms with E-state index in [-0.39, 0.29) is 0 Å². The van der Waals surface area contributed by atoms with E-state index in [2.05, 4.69) is 19.2 Å². The lowest BCUT2D eigenvalue weighted by Crippen LogP contribution is -2.30. The molecule has 0 radical (unpaired) electrons. The number of ether oxygens (including phenoxy) is 1. The highest BCUT2D eigenvalue weighted by atomic mass is 16.5. The van der Waals surface area contributed by atoms with Crippen molar-refractivity contribution in [2.75, 3.05) is 13.3 Å². The van der Waals surface area contributed by atoms with Crippen LogP contribution < -0.4 is 5.32 Å². The van der Waals surface area contributed by atoms with Gasteiger partial charge in [-0.3, -0.25) is 5.32 Å². The third-order valence-corrected chi connectivity index (χ3v) is 2.08. The van der Waals surface area contributed by atoms with Gasteiger partial charge in [0.2, 0.25) is 0 Å². The van der Waals surface area contributed by atoms with E-state index in [0.717, 1.165) is 19.3 Å². The van der Waals surface area contributed by atoms with Gasteiger partial charge in [0, 0.05) is 6.04 Å². The van der Waals surface area contributed by atoms with Crippen molar-refractivity contribution in [3.05, 3.63) is 0 Å². The largest absolute Gasteiger partial charge is 0.365 e. The molecule has 0 aromatic rings. The monoisotopic (exact) mass is 129 g/mol. The van der Waals surface area contributed by atoms with Crippen LogP contribution in [0.5, 0.6) is 0 Å². The molecular weight excluding hydrogens is 114 g/mol. The molecule has 0 amide bonds. The molecule has 9 heavy (non-hydrogen) atoms. The molecule has 1 N–H and O–H groups in total. The summed E-state index contributed by atoms with van der Waals surface area (Å²) >= 11 is 0. The number of rotatable bonds is 2. The molecule has 1 heterocycles. The molecule has 0 saturated carbocycles. The average molecular weight is 129 g/mol. The summed E-state index contributed by atoms with van der Waals surface area (Å²) in [6.07, 6.45) is 1.24. The number of nitrogens with one attached hydrogen (secondary N) is 1. The highest BCUT2D eigenvalue weighted by Crippen LogP contribution is 2.10. The highest BCUT2D eigenvalue weighted by Gasteiger charge is 2.19. The summed E-state index contributed by atoms with van der Waals surface area (Å²) in [5.74, 6) is 0.757.